The summed E-state index contributed by atoms with van der Waals surface area (Å²) < 4.78 is 26.5. The molecule has 2 atom stereocenters. The minimum Gasteiger partial charge on any atom is -0.377 e. The van der Waals surface area contributed by atoms with E-state index >= 15 is 0 Å². The van der Waals surface area contributed by atoms with E-state index in [9.17, 15) is 13.5 Å². The lowest BCUT2D eigenvalue weighted by atomic mass is 9.99. The van der Waals surface area contributed by atoms with Gasteiger partial charge >= 0.3 is 0 Å². The normalized spacial score (nSPS) is 22.8. The number of hydrogen-bond acceptors (Lipinski definition) is 4. The molecule has 22 heavy (non-hydrogen) atoms. The van der Waals surface area contributed by atoms with Gasteiger partial charge in [-0.25, -0.2) is 8.42 Å². The highest BCUT2D eigenvalue weighted by Crippen LogP contribution is 2.35. The fraction of sp³-hybridized carbons (Fsp3) is 0.312. The number of hydrogen-bond donors (Lipinski definition) is 1. The summed E-state index contributed by atoms with van der Waals surface area (Å²) >= 11 is 0. The average Bonchev–Trinajstić information content (AvgIpc) is 2.91. The molecule has 116 valence electrons. The molecule has 1 aliphatic rings. The smallest absolute Gasteiger partial charge is 0.245 e. The predicted octanol–water partition coefficient (Wildman–Crippen LogP) is 1.89. The molecule has 0 bridgehead atoms. The van der Waals surface area contributed by atoms with Gasteiger partial charge in [0, 0.05) is 24.9 Å². The first-order valence-corrected chi connectivity index (χ1v) is 8.60. The van der Waals surface area contributed by atoms with Crippen molar-refractivity contribution in [2.24, 2.45) is 0 Å². The standard InChI is InChI=1S/C16H18N2O3S/c1-12-4-6-14(7-5-12)22(20,21)18-10-8-15(16(18)19)13-3-2-9-17-11-13/h2-7,9,11,15-16,19H,8,10H2,1H3/t15-,16+/m1/s1. The summed E-state index contributed by atoms with van der Waals surface area (Å²) in [5.41, 5.74) is 1.85. The quantitative estimate of drug-likeness (QED) is 0.938. The first-order chi connectivity index (χ1) is 10.5. The van der Waals surface area contributed by atoms with Crippen molar-refractivity contribution in [3.8, 4) is 0 Å². The van der Waals surface area contributed by atoms with Crippen LogP contribution in [0.1, 0.15) is 23.5 Å². The molecular formula is C16H18N2O3S. The second-order valence-electron chi connectivity index (χ2n) is 5.52. The van der Waals surface area contributed by atoms with Gasteiger partial charge in [-0.1, -0.05) is 23.8 Å². The summed E-state index contributed by atoms with van der Waals surface area (Å²) in [5, 5.41) is 10.5. The lowest BCUT2D eigenvalue weighted by Crippen LogP contribution is -2.37. The maximum absolute atomic E-state index is 12.7. The van der Waals surface area contributed by atoms with Crippen molar-refractivity contribution in [1.82, 2.24) is 9.29 Å². The molecule has 1 aromatic carbocycles. The zero-order valence-electron chi connectivity index (χ0n) is 12.3. The highest BCUT2D eigenvalue weighted by atomic mass is 32.2. The Morgan fingerprint density at radius 2 is 1.95 bits per heavy atom. The number of benzene rings is 1. The number of aryl methyl sites for hydroxylation is 1. The largest absolute Gasteiger partial charge is 0.377 e. The number of nitrogens with zero attached hydrogens (tertiary/aromatic N) is 2. The van der Waals surface area contributed by atoms with Crippen LogP contribution in [0.3, 0.4) is 0 Å². The van der Waals surface area contributed by atoms with Gasteiger partial charge in [-0.2, -0.15) is 4.31 Å². The zero-order valence-corrected chi connectivity index (χ0v) is 13.1. The van der Waals surface area contributed by atoms with Crippen LogP contribution in [0.2, 0.25) is 0 Å². The van der Waals surface area contributed by atoms with Crippen molar-refractivity contribution in [1.29, 1.82) is 0 Å². The fourth-order valence-electron chi connectivity index (χ4n) is 2.79. The molecule has 1 fully saturated rings. The van der Waals surface area contributed by atoms with Gasteiger partial charge in [0.05, 0.1) is 4.90 Å². The van der Waals surface area contributed by atoms with Crippen LogP contribution in [0.15, 0.2) is 53.7 Å². The summed E-state index contributed by atoms with van der Waals surface area (Å²) in [6.07, 6.45) is 2.86. The third kappa shape index (κ3) is 2.65. The Morgan fingerprint density at radius 3 is 2.59 bits per heavy atom. The monoisotopic (exact) mass is 318 g/mol. The first kappa shape index (κ1) is 15.1. The summed E-state index contributed by atoms with van der Waals surface area (Å²) in [6.45, 7) is 2.20. The Hall–Kier alpha value is -1.76. The highest BCUT2D eigenvalue weighted by molar-refractivity contribution is 7.89. The lowest BCUT2D eigenvalue weighted by molar-refractivity contribution is 0.0800. The van der Waals surface area contributed by atoms with E-state index in [1.165, 1.54) is 4.31 Å². The molecule has 5 nitrogen and oxygen atoms in total. The first-order valence-electron chi connectivity index (χ1n) is 7.16. The van der Waals surface area contributed by atoms with E-state index in [1.807, 2.05) is 13.0 Å². The van der Waals surface area contributed by atoms with Crippen LogP contribution in [0.4, 0.5) is 0 Å². The van der Waals surface area contributed by atoms with Crippen molar-refractivity contribution in [3.05, 3.63) is 59.9 Å². The Balaban J connectivity index is 1.88. The van der Waals surface area contributed by atoms with Crippen molar-refractivity contribution in [3.63, 3.8) is 0 Å². The average molecular weight is 318 g/mol. The number of aliphatic hydroxyl groups excluding tert-OH is 1. The second-order valence-corrected chi connectivity index (χ2v) is 7.41. The van der Waals surface area contributed by atoms with Crippen LogP contribution in [0.5, 0.6) is 0 Å². The topological polar surface area (TPSA) is 70.5 Å². The number of rotatable bonds is 3. The summed E-state index contributed by atoms with van der Waals surface area (Å²) in [4.78, 5) is 4.25. The van der Waals surface area contributed by atoms with Gasteiger partial charge in [0.15, 0.2) is 0 Å². The van der Waals surface area contributed by atoms with Crippen LogP contribution < -0.4 is 0 Å². The third-order valence-electron chi connectivity index (χ3n) is 4.06. The highest BCUT2D eigenvalue weighted by Gasteiger charge is 2.41. The maximum atomic E-state index is 12.7. The number of pyridine rings is 1. The Labute approximate surface area is 130 Å². The molecule has 0 spiro atoms. The van der Waals surface area contributed by atoms with Gasteiger partial charge < -0.3 is 5.11 Å². The molecule has 1 saturated heterocycles. The predicted molar refractivity (Wildman–Crippen MR) is 82.7 cm³/mol. The van der Waals surface area contributed by atoms with E-state index in [1.54, 1.807) is 42.7 Å². The molecule has 6 heteroatoms. The Morgan fingerprint density at radius 1 is 1.23 bits per heavy atom. The van der Waals surface area contributed by atoms with Crippen molar-refractivity contribution >= 4 is 10.0 Å². The van der Waals surface area contributed by atoms with Crippen molar-refractivity contribution < 1.29 is 13.5 Å². The number of aliphatic hydroxyl groups is 1. The second kappa shape index (κ2) is 5.79. The van der Waals surface area contributed by atoms with Gasteiger partial charge in [-0.15, -0.1) is 0 Å². The molecule has 2 aromatic rings. The van der Waals surface area contributed by atoms with E-state index in [2.05, 4.69) is 4.98 Å². The molecule has 0 unspecified atom stereocenters. The minimum absolute atomic E-state index is 0.212. The van der Waals surface area contributed by atoms with E-state index < -0.39 is 16.3 Å². The number of sulfonamides is 1. The number of aromatic nitrogens is 1. The van der Waals surface area contributed by atoms with Crippen LogP contribution in [0, 0.1) is 6.92 Å². The molecule has 1 aromatic heterocycles. The van der Waals surface area contributed by atoms with Gasteiger partial charge in [0.1, 0.15) is 6.23 Å². The third-order valence-corrected chi connectivity index (χ3v) is 5.94. The SMILES string of the molecule is Cc1ccc(S(=O)(=O)N2CC[C@H](c3cccnc3)[C@@H]2O)cc1. The van der Waals surface area contributed by atoms with E-state index in [-0.39, 0.29) is 10.8 Å². The summed E-state index contributed by atoms with van der Waals surface area (Å²) in [5.74, 6) is -0.242. The van der Waals surface area contributed by atoms with Crippen LogP contribution in [-0.4, -0.2) is 35.6 Å². The van der Waals surface area contributed by atoms with Crippen molar-refractivity contribution in [2.75, 3.05) is 6.54 Å². The zero-order chi connectivity index (χ0) is 15.7. The molecular weight excluding hydrogens is 300 g/mol. The molecule has 3 rings (SSSR count). The van der Waals surface area contributed by atoms with Crippen LogP contribution in [-0.2, 0) is 10.0 Å². The maximum Gasteiger partial charge on any atom is 0.245 e. The summed E-state index contributed by atoms with van der Waals surface area (Å²) in [6, 6.07) is 10.3. The van der Waals surface area contributed by atoms with Gasteiger partial charge in [0.25, 0.3) is 0 Å². The molecule has 0 amide bonds. The van der Waals surface area contributed by atoms with E-state index in [4.69, 9.17) is 0 Å². The molecule has 1 aliphatic heterocycles. The van der Waals surface area contributed by atoms with Crippen molar-refractivity contribution in [2.45, 2.75) is 30.4 Å². The molecule has 0 saturated carbocycles. The summed E-state index contributed by atoms with van der Waals surface area (Å²) in [7, 11) is -3.68. The van der Waals surface area contributed by atoms with Crippen LogP contribution >= 0.6 is 0 Å². The Bertz CT molecular complexity index is 745. The molecule has 2 heterocycles. The van der Waals surface area contributed by atoms with E-state index in [0.717, 1.165) is 11.1 Å². The van der Waals surface area contributed by atoms with Gasteiger partial charge in [-0.05, 0) is 37.1 Å². The minimum atomic E-state index is -3.68. The molecule has 0 aliphatic carbocycles. The molecule has 1 N–H and O–H groups in total. The van der Waals surface area contributed by atoms with Crippen LogP contribution in [0.25, 0.3) is 0 Å². The van der Waals surface area contributed by atoms with E-state index in [0.29, 0.717) is 13.0 Å². The van der Waals surface area contributed by atoms with Gasteiger partial charge in [-0.3, -0.25) is 4.98 Å². The fourth-order valence-corrected chi connectivity index (χ4v) is 4.32. The van der Waals surface area contributed by atoms with Gasteiger partial charge in [0.2, 0.25) is 10.0 Å². The molecule has 0 radical (unpaired) electrons. The Kier molecular flexibility index (Phi) is 3.99. The lowest BCUT2D eigenvalue weighted by Gasteiger charge is -2.23.